The number of aromatic nitrogens is 2. The number of ether oxygens (including phenoxy) is 1. The molecule has 0 saturated heterocycles. The average Bonchev–Trinajstić information content (AvgIpc) is 2.98. The van der Waals surface area contributed by atoms with Crippen molar-refractivity contribution in [2.75, 3.05) is 13.7 Å². The summed E-state index contributed by atoms with van der Waals surface area (Å²) in [6.45, 7) is 4.42. The Hall–Kier alpha value is -0.940. The smallest absolute Gasteiger partial charge is 0.234 e. The third-order valence-corrected chi connectivity index (χ3v) is 3.88. The van der Waals surface area contributed by atoms with E-state index in [1.165, 1.54) is 12.8 Å². The van der Waals surface area contributed by atoms with Crippen LogP contribution in [0.25, 0.3) is 0 Å². The lowest BCUT2D eigenvalue weighted by atomic mass is 9.86. The second-order valence-electron chi connectivity index (χ2n) is 5.33. The van der Waals surface area contributed by atoms with E-state index < -0.39 is 5.60 Å². The summed E-state index contributed by atoms with van der Waals surface area (Å²) in [5.74, 6) is 1.27. The summed E-state index contributed by atoms with van der Waals surface area (Å²) < 4.78 is 10.8. The largest absolute Gasteiger partial charge is 0.371 e. The van der Waals surface area contributed by atoms with Crippen molar-refractivity contribution in [2.45, 2.75) is 50.5 Å². The van der Waals surface area contributed by atoms with Crippen LogP contribution in [0.15, 0.2) is 4.52 Å². The van der Waals surface area contributed by atoms with E-state index >= 15 is 0 Å². The van der Waals surface area contributed by atoms with Crippen LogP contribution in [0.5, 0.6) is 0 Å². The highest BCUT2D eigenvalue weighted by atomic mass is 16.5. The molecule has 96 valence electrons. The quantitative estimate of drug-likeness (QED) is 0.866. The van der Waals surface area contributed by atoms with Crippen molar-refractivity contribution in [1.82, 2.24) is 10.1 Å². The molecule has 0 unspecified atom stereocenters. The Labute approximate surface area is 102 Å². The maximum Gasteiger partial charge on any atom is 0.234 e. The van der Waals surface area contributed by atoms with Crippen molar-refractivity contribution in [1.29, 1.82) is 0 Å². The van der Waals surface area contributed by atoms with Gasteiger partial charge in [0, 0.05) is 13.7 Å². The van der Waals surface area contributed by atoms with Gasteiger partial charge in [-0.3, -0.25) is 0 Å². The van der Waals surface area contributed by atoms with E-state index in [2.05, 4.69) is 10.1 Å². The van der Waals surface area contributed by atoms with Gasteiger partial charge in [-0.1, -0.05) is 18.0 Å². The maximum absolute atomic E-state index is 5.89. The van der Waals surface area contributed by atoms with E-state index in [4.69, 9.17) is 15.0 Å². The molecule has 0 aliphatic heterocycles. The number of hydrogen-bond donors (Lipinski definition) is 1. The molecule has 1 aromatic heterocycles. The van der Waals surface area contributed by atoms with Crippen LogP contribution < -0.4 is 5.73 Å². The predicted octanol–water partition coefficient (Wildman–Crippen LogP) is 1.72. The van der Waals surface area contributed by atoms with Gasteiger partial charge in [0.2, 0.25) is 11.7 Å². The molecular formula is C12H21N3O2. The Kier molecular flexibility index (Phi) is 3.23. The number of methoxy groups -OCH3 is 1. The van der Waals surface area contributed by atoms with E-state index in [9.17, 15) is 0 Å². The van der Waals surface area contributed by atoms with Crippen molar-refractivity contribution in [3.8, 4) is 0 Å². The minimum atomic E-state index is -0.518. The fourth-order valence-electron chi connectivity index (χ4n) is 2.33. The van der Waals surface area contributed by atoms with Crippen molar-refractivity contribution in [3.63, 3.8) is 0 Å². The number of nitrogens with two attached hydrogens (primary N) is 1. The van der Waals surface area contributed by atoms with Crippen LogP contribution >= 0.6 is 0 Å². The highest BCUT2D eigenvalue weighted by Gasteiger charge is 2.40. The number of hydrogen-bond acceptors (Lipinski definition) is 5. The molecule has 1 heterocycles. The third-order valence-electron chi connectivity index (χ3n) is 3.88. The minimum absolute atomic E-state index is 0.102. The first kappa shape index (κ1) is 12.5. The van der Waals surface area contributed by atoms with Gasteiger partial charge in [0.15, 0.2) is 0 Å². The van der Waals surface area contributed by atoms with Crippen LogP contribution in [-0.2, 0) is 15.8 Å². The minimum Gasteiger partial charge on any atom is -0.371 e. The molecule has 1 aromatic rings. The SMILES string of the molecule is COC(C)(C)c1noc(C2(CN)CCCC2)n1. The van der Waals surface area contributed by atoms with Crippen LogP contribution in [0.4, 0.5) is 0 Å². The van der Waals surface area contributed by atoms with Gasteiger partial charge in [0.25, 0.3) is 0 Å². The molecule has 1 fully saturated rings. The molecule has 0 aromatic carbocycles. The van der Waals surface area contributed by atoms with Crippen molar-refractivity contribution in [2.24, 2.45) is 5.73 Å². The second-order valence-corrected chi connectivity index (χ2v) is 5.33. The summed E-state index contributed by atoms with van der Waals surface area (Å²) in [7, 11) is 1.64. The van der Waals surface area contributed by atoms with Gasteiger partial charge in [0.05, 0.1) is 5.41 Å². The highest BCUT2D eigenvalue weighted by molar-refractivity contribution is 5.10. The summed E-state index contributed by atoms with van der Waals surface area (Å²) in [5, 5.41) is 4.03. The van der Waals surface area contributed by atoms with Gasteiger partial charge < -0.3 is 15.0 Å². The van der Waals surface area contributed by atoms with Gasteiger partial charge >= 0.3 is 0 Å². The normalized spacial score (nSPS) is 19.8. The zero-order valence-corrected chi connectivity index (χ0v) is 10.8. The summed E-state index contributed by atoms with van der Waals surface area (Å²) in [6, 6.07) is 0. The summed E-state index contributed by atoms with van der Waals surface area (Å²) in [6.07, 6.45) is 4.45. The maximum atomic E-state index is 5.89. The Balaban J connectivity index is 2.29. The van der Waals surface area contributed by atoms with Crippen LogP contribution in [0.2, 0.25) is 0 Å². The predicted molar refractivity (Wildman–Crippen MR) is 63.5 cm³/mol. The zero-order chi connectivity index (χ0) is 12.5. The summed E-state index contributed by atoms with van der Waals surface area (Å²) >= 11 is 0. The van der Waals surface area contributed by atoms with Crippen molar-refractivity contribution >= 4 is 0 Å². The van der Waals surface area contributed by atoms with Gasteiger partial charge in [-0.25, -0.2) is 0 Å². The Morgan fingerprint density at radius 2 is 2.06 bits per heavy atom. The number of nitrogens with zero attached hydrogens (tertiary/aromatic N) is 2. The van der Waals surface area contributed by atoms with E-state index in [0.717, 1.165) is 12.8 Å². The lowest BCUT2D eigenvalue weighted by Crippen LogP contribution is -2.32. The van der Waals surface area contributed by atoms with Crippen LogP contribution in [0.3, 0.4) is 0 Å². The van der Waals surface area contributed by atoms with Crippen molar-refractivity contribution < 1.29 is 9.26 Å². The molecule has 0 spiro atoms. The molecule has 0 atom stereocenters. The second kappa shape index (κ2) is 4.38. The molecule has 1 aliphatic rings. The number of rotatable bonds is 4. The first-order valence-electron chi connectivity index (χ1n) is 6.14. The van der Waals surface area contributed by atoms with E-state index in [-0.39, 0.29) is 5.41 Å². The van der Waals surface area contributed by atoms with E-state index in [0.29, 0.717) is 18.3 Å². The van der Waals surface area contributed by atoms with E-state index in [1.54, 1.807) is 7.11 Å². The molecule has 1 aliphatic carbocycles. The molecule has 5 heteroatoms. The molecule has 5 nitrogen and oxygen atoms in total. The standard InChI is InChI=1S/C12H21N3O2/c1-11(2,16-3)9-14-10(17-15-9)12(8-13)6-4-5-7-12/h4-8,13H2,1-3H3. The molecule has 1 saturated carbocycles. The fourth-order valence-corrected chi connectivity index (χ4v) is 2.33. The van der Waals surface area contributed by atoms with E-state index in [1.807, 2.05) is 13.8 Å². The lowest BCUT2D eigenvalue weighted by molar-refractivity contribution is 0.00973. The molecule has 17 heavy (non-hydrogen) atoms. The highest BCUT2D eigenvalue weighted by Crippen LogP contribution is 2.39. The first-order valence-corrected chi connectivity index (χ1v) is 6.14. The third kappa shape index (κ3) is 2.09. The summed E-state index contributed by atoms with van der Waals surface area (Å²) in [4.78, 5) is 4.50. The topological polar surface area (TPSA) is 74.2 Å². The monoisotopic (exact) mass is 239 g/mol. The fraction of sp³-hybridized carbons (Fsp3) is 0.833. The van der Waals surface area contributed by atoms with Crippen molar-refractivity contribution in [3.05, 3.63) is 11.7 Å². The van der Waals surface area contributed by atoms with Gasteiger partial charge in [-0.2, -0.15) is 4.98 Å². The first-order chi connectivity index (χ1) is 8.04. The Morgan fingerprint density at radius 3 is 2.59 bits per heavy atom. The van der Waals surface area contributed by atoms with Gasteiger partial charge in [-0.15, -0.1) is 0 Å². The van der Waals surface area contributed by atoms with Crippen LogP contribution in [0.1, 0.15) is 51.2 Å². The summed E-state index contributed by atoms with van der Waals surface area (Å²) in [5.41, 5.74) is 5.27. The molecule has 2 rings (SSSR count). The molecule has 0 amide bonds. The Bertz CT molecular complexity index is 381. The molecule has 2 N–H and O–H groups in total. The van der Waals surface area contributed by atoms with Crippen LogP contribution in [0, 0.1) is 0 Å². The van der Waals surface area contributed by atoms with Crippen LogP contribution in [-0.4, -0.2) is 23.8 Å². The molecular weight excluding hydrogens is 218 g/mol. The Morgan fingerprint density at radius 1 is 1.41 bits per heavy atom. The lowest BCUT2D eigenvalue weighted by Gasteiger charge is -2.22. The zero-order valence-electron chi connectivity index (χ0n) is 10.8. The van der Waals surface area contributed by atoms with Gasteiger partial charge in [0.1, 0.15) is 5.60 Å². The average molecular weight is 239 g/mol. The molecule has 0 bridgehead atoms. The molecule has 0 radical (unpaired) electrons. The van der Waals surface area contributed by atoms with Gasteiger partial charge in [-0.05, 0) is 26.7 Å².